The van der Waals surface area contributed by atoms with Gasteiger partial charge in [-0.15, -0.1) is 0 Å². The number of hydrogen-bond acceptors (Lipinski definition) is 4. The third-order valence-corrected chi connectivity index (χ3v) is 7.93. The number of carbonyl (C=O) groups is 2. The number of benzene rings is 3. The molecule has 1 atom stereocenters. The molecule has 39 heavy (non-hydrogen) atoms. The van der Waals surface area contributed by atoms with E-state index in [0.717, 1.165) is 33.1 Å². The molecule has 0 saturated heterocycles. The number of rotatable bonds is 9. The molecule has 3 aromatic carbocycles. The fourth-order valence-corrected chi connectivity index (χ4v) is 5.33. The summed E-state index contributed by atoms with van der Waals surface area (Å²) in [6, 6.07) is 17.8. The lowest BCUT2D eigenvalue weighted by Gasteiger charge is -2.33. The van der Waals surface area contributed by atoms with Crippen molar-refractivity contribution in [1.82, 2.24) is 10.2 Å². The van der Waals surface area contributed by atoms with Crippen molar-refractivity contribution in [2.45, 2.75) is 64.6 Å². The van der Waals surface area contributed by atoms with Crippen molar-refractivity contribution in [3.63, 3.8) is 0 Å². The largest absolute Gasteiger partial charge is 0.350 e. The van der Waals surface area contributed by atoms with E-state index in [9.17, 15) is 22.4 Å². The minimum atomic E-state index is -4.20. The molecule has 0 aromatic heterocycles. The molecule has 0 fully saturated rings. The third-order valence-electron chi connectivity index (χ3n) is 6.14. The second-order valence-corrected chi connectivity index (χ2v) is 12.6. The Hall–Kier alpha value is -3.72. The van der Waals surface area contributed by atoms with Crippen LogP contribution in [0.15, 0.2) is 77.7 Å². The van der Waals surface area contributed by atoms with Crippen LogP contribution < -0.4 is 9.62 Å². The molecule has 0 heterocycles. The Morgan fingerprint density at radius 2 is 1.38 bits per heavy atom. The van der Waals surface area contributed by atoms with Gasteiger partial charge in [0.05, 0.1) is 10.6 Å². The van der Waals surface area contributed by atoms with Crippen LogP contribution in [0.2, 0.25) is 0 Å². The van der Waals surface area contributed by atoms with E-state index in [4.69, 9.17) is 0 Å². The minimum absolute atomic E-state index is 0.00571. The fraction of sp³-hybridized carbons (Fsp3) is 0.333. The van der Waals surface area contributed by atoms with Gasteiger partial charge in [0, 0.05) is 12.1 Å². The van der Waals surface area contributed by atoms with Crippen molar-refractivity contribution in [2.75, 3.05) is 10.8 Å². The summed E-state index contributed by atoms with van der Waals surface area (Å²) >= 11 is 0. The van der Waals surface area contributed by atoms with Crippen LogP contribution in [-0.2, 0) is 26.2 Å². The van der Waals surface area contributed by atoms with E-state index in [0.29, 0.717) is 0 Å². The molecule has 0 bridgehead atoms. The molecule has 9 heteroatoms. The summed E-state index contributed by atoms with van der Waals surface area (Å²) in [5, 5.41) is 2.90. The Bertz CT molecular complexity index is 1400. The van der Waals surface area contributed by atoms with Crippen LogP contribution in [0.5, 0.6) is 0 Å². The van der Waals surface area contributed by atoms with E-state index >= 15 is 0 Å². The maximum absolute atomic E-state index is 13.9. The molecule has 208 valence electrons. The highest BCUT2D eigenvalue weighted by Gasteiger charge is 2.33. The minimum Gasteiger partial charge on any atom is -0.350 e. The molecule has 0 aliphatic heterocycles. The van der Waals surface area contributed by atoms with Crippen molar-refractivity contribution in [1.29, 1.82) is 0 Å². The molecule has 3 rings (SSSR count). The molecular formula is C30H36FN3O4S. The van der Waals surface area contributed by atoms with E-state index in [1.807, 2.05) is 58.9 Å². The van der Waals surface area contributed by atoms with Crippen LogP contribution in [0.4, 0.5) is 10.1 Å². The van der Waals surface area contributed by atoms with Gasteiger partial charge in [-0.25, -0.2) is 12.8 Å². The van der Waals surface area contributed by atoms with Crippen molar-refractivity contribution in [3.8, 4) is 0 Å². The Morgan fingerprint density at radius 1 is 0.872 bits per heavy atom. The van der Waals surface area contributed by atoms with E-state index in [-0.39, 0.29) is 23.0 Å². The summed E-state index contributed by atoms with van der Waals surface area (Å²) in [6.07, 6.45) is 0. The van der Waals surface area contributed by atoms with Gasteiger partial charge in [0.15, 0.2) is 0 Å². The maximum atomic E-state index is 13.9. The Labute approximate surface area is 230 Å². The molecule has 0 radical (unpaired) electrons. The topological polar surface area (TPSA) is 86.8 Å². The standard InChI is InChI=1S/C30H36FN3O4S/c1-21-7-11-24(12-8-21)19-33(23(3)29(36)32-30(4,5)6)28(35)20-34(26-15-13-25(31)14-16-26)39(37,38)27-17-9-22(2)10-18-27/h7-18,23H,19-20H2,1-6H3,(H,32,36). The average Bonchev–Trinajstić information content (AvgIpc) is 2.86. The first kappa shape index (κ1) is 29.8. The number of anilines is 1. The molecule has 7 nitrogen and oxygen atoms in total. The normalized spacial score (nSPS) is 12.5. The lowest BCUT2D eigenvalue weighted by atomic mass is 10.1. The fourth-order valence-electron chi connectivity index (χ4n) is 3.92. The molecule has 1 N–H and O–H groups in total. The van der Waals surface area contributed by atoms with E-state index < -0.39 is 39.9 Å². The maximum Gasteiger partial charge on any atom is 0.264 e. The predicted molar refractivity (Wildman–Crippen MR) is 151 cm³/mol. The molecule has 0 saturated carbocycles. The van der Waals surface area contributed by atoms with Crippen LogP contribution >= 0.6 is 0 Å². The summed E-state index contributed by atoms with van der Waals surface area (Å²) in [5.74, 6) is -1.48. The van der Waals surface area contributed by atoms with E-state index in [1.54, 1.807) is 19.1 Å². The van der Waals surface area contributed by atoms with Gasteiger partial charge >= 0.3 is 0 Å². The molecule has 0 spiro atoms. The smallest absolute Gasteiger partial charge is 0.264 e. The van der Waals surface area contributed by atoms with Crippen LogP contribution in [0.1, 0.15) is 44.4 Å². The zero-order chi connectivity index (χ0) is 29.0. The van der Waals surface area contributed by atoms with Crippen LogP contribution in [0.3, 0.4) is 0 Å². The lowest BCUT2D eigenvalue weighted by Crippen LogP contribution is -2.54. The molecule has 2 amide bonds. The average molecular weight is 554 g/mol. The molecular weight excluding hydrogens is 517 g/mol. The number of sulfonamides is 1. The molecule has 0 aliphatic carbocycles. The number of halogens is 1. The quantitative estimate of drug-likeness (QED) is 0.405. The Kier molecular flexibility index (Phi) is 9.17. The first-order valence-electron chi connectivity index (χ1n) is 12.7. The first-order chi connectivity index (χ1) is 18.2. The van der Waals surface area contributed by atoms with Crippen molar-refractivity contribution >= 4 is 27.5 Å². The highest BCUT2D eigenvalue weighted by molar-refractivity contribution is 7.92. The predicted octanol–water partition coefficient (Wildman–Crippen LogP) is 4.97. The van der Waals surface area contributed by atoms with Crippen molar-refractivity contribution in [3.05, 3.63) is 95.3 Å². The van der Waals surface area contributed by atoms with Gasteiger partial charge in [-0.05, 0) is 83.5 Å². The van der Waals surface area contributed by atoms with Gasteiger partial charge in [-0.3, -0.25) is 13.9 Å². The van der Waals surface area contributed by atoms with Crippen LogP contribution in [-0.4, -0.2) is 43.3 Å². The summed E-state index contributed by atoms with van der Waals surface area (Å²) in [6.45, 7) is 10.4. The number of amides is 2. The highest BCUT2D eigenvalue weighted by Crippen LogP contribution is 2.25. The monoisotopic (exact) mass is 553 g/mol. The van der Waals surface area contributed by atoms with Gasteiger partial charge in [0.25, 0.3) is 10.0 Å². The third kappa shape index (κ3) is 7.89. The van der Waals surface area contributed by atoms with Crippen LogP contribution in [0, 0.1) is 19.7 Å². The van der Waals surface area contributed by atoms with Crippen molar-refractivity contribution < 1.29 is 22.4 Å². The van der Waals surface area contributed by atoms with Gasteiger partial charge < -0.3 is 10.2 Å². The second kappa shape index (κ2) is 12.0. The summed E-state index contributed by atoms with van der Waals surface area (Å²) in [5.41, 5.74) is 2.31. The van der Waals surface area contributed by atoms with Gasteiger partial charge in [0.2, 0.25) is 11.8 Å². The zero-order valence-electron chi connectivity index (χ0n) is 23.2. The second-order valence-electron chi connectivity index (χ2n) is 10.7. The number of nitrogens with zero attached hydrogens (tertiary/aromatic N) is 2. The number of aryl methyl sites for hydroxylation is 2. The van der Waals surface area contributed by atoms with Crippen molar-refractivity contribution in [2.24, 2.45) is 0 Å². The van der Waals surface area contributed by atoms with Gasteiger partial charge in [-0.2, -0.15) is 0 Å². The number of carbonyl (C=O) groups excluding carboxylic acids is 2. The molecule has 1 unspecified atom stereocenters. The van der Waals surface area contributed by atoms with E-state index in [1.165, 1.54) is 29.2 Å². The van der Waals surface area contributed by atoms with E-state index in [2.05, 4.69) is 5.32 Å². The SMILES string of the molecule is Cc1ccc(CN(C(=O)CN(c2ccc(F)cc2)S(=O)(=O)c2ccc(C)cc2)C(C)C(=O)NC(C)(C)C)cc1. The van der Waals surface area contributed by atoms with Gasteiger partial charge in [0.1, 0.15) is 18.4 Å². The van der Waals surface area contributed by atoms with Crippen LogP contribution in [0.25, 0.3) is 0 Å². The molecule has 0 aliphatic rings. The number of nitrogens with one attached hydrogen (secondary N) is 1. The highest BCUT2D eigenvalue weighted by atomic mass is 32.2. The first-order valence-corrected chi connectivity index (χ1v) is 14.1. The summed E-state index contributed by atoms with van der Waals surface area (Å²) in [4.78, 5) is 28.4. The number of hydrogen-bond donors (Lipinski definition) is 1. The molecule has 3 aromatic rings. The Morgan fingerprint density at radius 3 is 1.90 bits per heavy atom. The zero-order valence-corrected chi connectivity index (χ0v) is 24.0. The van der Waals surface area contributed by atoms with Gasteiger partial charge in [-0.1, -0.05) is 47.5 Å². The Balaban J connectivity index is 2.02. The summed E-state index contributed by atoms with van der Waals surface area (Å²) < 4.78 is 42.2. The summed E-state index contributed by atoms with van der Waals surface area (Å²) in [7, 11) is -4.20. The lowest BCUT2D eigenvalue weighted by molar-refractivity contribution is -0.140.